The van der Waals surface area contributed by atoms with Crippen molar-refractivity contribution in [3.8, 4) is 0 Å². The smallest absolute Gasteiger partial charge is 0 e. The van der Waals surface area contributed by atoms with E-state index in [2.05, 4.69) is 83.1 Å². The average Bonchev–Trinajstić information content (AvgIpc) is 1.41. The molecule has 0 aliphatic carbocycles. The monoisotopic (exact) mass is 264 g/mol. The predicted octanol–water partition coefficient (Wildman–Crippen LogP) is 5.60. The molecule has 101 valence electrons. The predicted molar refractivity (Wildman–Crippen MR) is 74.4 cm³/mol. The summed E-state index contributed by atoms with van der Waals surface area (Å²) in [5.74, 6) is 0. The molecule has 0 bridgehead atoms. The Hall–Kier alpha value is 0.584. The molecule has 0 aromatic heterocycles. The molecular formula is C15H33V-3. The van der Waals surface area contributed by atoms with Crippen molar-refractivity contribution in [2.24, 2.45) is 16.2 Å². The fraction of sp³-hybridized carbons (Fsp3) is 0.800. The molecule has 0 nitrogen and oxygen atoms in total. The van der Waals surface area contributed by atoms with Gasteiger partial charge in [0.25, 0.3) is 0 Å². The van der Waals surface area contributed by atoms with Crippen molar-refractivity contribution in [2.75, 3.05) is 0 Å². The topological polar surface area (TPSA) is 0 Å². The first-order valence-electron chi connectivity index (χ1n) is 5.56. The zero-order chi connectivity index (χ0) is 13.5. The zero-order valence-corrected chi connectivity index (χ0v) is 14.5. The molecule has 0 aromatic carbocycles. The molecule has 0 aromatic rings. The fourth-order valence-corrected chi connectivity index (χ4v) is 0. The largest absolute Gasteiger partial charge is 0.338 e. The Morgan fingerprint density at radius 2 is 0.438 bits per heavy atom. The van der Waals surface area contributed by atoms with Crippen LogP contribution in [0.1, 0.15) is 62.3 Å². The summed E-state index contributed by atoms with van der Waals surface area (Å²) in [5, 5.41) is 0. The molecule has 0 aliphatic heterocycles. The standard InChI is InChI=1S/3C5H11.V/c3*1-5(2,3)4;/h3*1H2,2-4H3;/q3*-1;. The van der Waals surface area contributed by atoms with Crippen molar-refractivity contribution in [1.29, 1.82) is 0 Å². The first-order valence-corrected chi connectivity index (χ1v) is 5.56. The van der Waals surface area contributed by atoms with Gasteiger partial charge >= 0.3 is 0 Å². The van der Waals surface area contributed by atoms with E-state index in [4.69, 9.17) is 0 Å². The van der Waals surface area contributed by atoms with E-state index in [9.17, 15) is 0 Å². The van der Waals surface area contributed by atoms with Gasteiger partial charge in [0.15, 0.2) is 0 Å². The SMILES string of the molecule is [CH2-]C(C)(C)C.[CH2-]C(C)(C)C.[CH2-]C(C)(C)C.[V]. The van der Waals surface area contributed by atoms with E-state index in [1.54, 1.807) is 0 Å². The quantitative estimate of drug-likeness (QED) is 0.500. The van der Waals surface area contributed by atoms with Crippen LogP contribution >= 0.6 is 0 Å². The molecule has 0 saturated heterocycles. The van der Waals surface area contributed by atoms with Crippen LogP contribution in [0.2, 0.25) is 0 Å². The third-order valence-electron chi connectivity index (χ3n) is 0. The summed E-state index contributed by atoms with van der Waals surface area (Å²) in [5.41, 5.74) is 0.750. The number of hydrogen-bond acceptors (Lipinski definition) is 0. The van der Waals surface area contributed by atoms with Crippen LogP contribution in [-0.2, 0) is 18.6 Å². The zero-order valence-electron chi connectivity index (χ0n) is 13.1. The second-order valence-electron chi connectivity index (χ2n) is 7.68. The Kier molecular flexibility index (Phi) is 15.3. The van der Waals surface area contributed by atoms with Gasteiger partial charge in [0.05, 0.1) is 0 Å². The molecule has 0 amide bonds. The van der Waals surface area contributed by atoms with Gasteiger partial charge in [0, 0.05) is 18.6 Å². The molecule has 0 heterocycles. The Labute approximate surface area is 118 Å². The Bertz CT molecular complexity index is 80.5. The summed E-state index contributed by atoms with van der Waals surface area (Å²) in [6.45, 7) is 30.0. The summed E-state index contributed by atoms with van der Waals surface area (Å²) in [6.07, 6.45) is 0. The maximum atomic E-state index is 3.77. The van der Waals surface area contributed by atoms with Crippen molar-refractivity contribution < 1.29 is 18.6 Å². The molecule has 1 radical (unpaired) electrons. The van der Waals surface area contributed by atoms with E-state index in [1.807, 2.05) is 0 Å². The maximum absolute atomic E-state index is 3.77. The molecule has 1 heteroatoms. The van der Waals surface area contributed by atoms with E-state index >= 15 is 0 Å². The second-order valence-corrected chi connectivity index (χ2v) is 7.68. The van der Waals surface area contributed by atoms with Crippen molar-refractivity contribution in [3.05, 3.63) is 20.8 Å². The minimum atomic E-state index is 0. The fourth-order valence-electron chi connectivity index (χ4n) is 0. The van der Waals surface area contributed by atoms with Crippen LogP contribution in [0, 0.1) is 37.0 Å². The van der Waals surface area contributed by atoms with Crippen LogP contribution in [0.25, 0.3) is 0 Å². The van der Waals surface area contributed by atoms with Gasteiger partial charge in [0.2, 0.25) is 0 Å². The molecule has 0 fully saturated rings. The summed E-state index contributed by atoms with van der Waals surface area (Å²) < 4.78 is 0. The molecular weight excluding hydrogens is 231 g/mol. The van der Waals surface area contributed by atoms with Gasteiger partial charge in [0.1, 0.15) is 0 Å². The summed E-state index contributed by atoms with van der Waals surface area (Å²) in [6, 6.07) is 0. The van der Waals surface area contributed by atoms with Crippen molar-refractivity contribution in [1.82, 2.24) is 0 Å². The van der Waals surface area contributed by atoms with Gasteiger partial charge in [-0.3, -0.25) is 0 Å². The summed E-state index contributed by atoms with van der Waals surface area (Å²) in [4.78, 5) is 0. The summed E-state index contributed by atoms with van der Waals surface area (Å²) in [7, 11) is 0. The van der Waals surface area contributed by atoms with E-state index < -0.39 is 0 Å². The minimum Gasteiger partial charge on any atom is -0.338 e. The Morgan fingerprint density at radius 3 is 0.438 bits per heavy atom. The van der Waals surface area contributed by atoms with Gasteiger partial charge < -0.3 is 20.8 Å². The maximum Gasteiger partial charge on any atom is 0 e. The third-order valence-corrected chi connectivity index (χ3v) is 0. The van der Waals surface area contributed by atoms with Crippen LogP contribution in [0.15, 0.2) is 0 Å². The van der Waals surface area contributed by atoms with Crippen LogP contribution in [0.3, 0.4) is 0 Å². The molecule has 0 rings (SSSR count). The number of rotatable bonds is 0. The van der Waals surface area contributed by atoms with E-state index in [0.717, 1.165) is 0 Å². The Balaban J connectivity index is -0.0000000655. The first kappa shape index (κ1) is 25.4. The second kappa shape index (κ2) is 9.60. The van der Waals surface area contributed by atoms with Gasteiger partial charge in [-0.05, 0) is 0 Å². The molecule has 0 N–H and O–H groups in total. The van der Waals surface area contributed by atoms with Crippen LogP contribution in [-0.4, -0.2) is 0 Å². The van der Waals surface area contributed by atoms with E-state index in [1.165, 1.54) is 0 Å². The van der Waals surface area contributed by atoms with Gasteiger partial charge in [-0.1, -0.05) is 62.3 Å². The van der Waals surface area contributed by atoms with Gasteiger partial charge in [-0.15, -0.1) is 0 Å². The van der Waals surface area contributed by atoms with E-state index in [-0.39, 0.29) is 34.8 Å². The van der Waals surface area contributed by atoms with E-state index in [0.29, 0.717) is 0 Å². The van der Waals surface area contributed by atoms with Gasteiger partial charge in [-0.2, -0.15) is 16.2 Å². The third kappa shape index (κ3) is 7880. The van der Waals surface area contributed by atoms with Crippen LogP contribution in [0.5, 0.6) is 0 Å². The van der Waals surface area contributed by atoms with Crippen molar-refractivity contribution in [2.45, 2.75) is 62.3 Å². The molecule has 0 spiro atoms. The molecule has 0 atom stereocenters. The normalized spacial score (nSPS) is 11.2. The number of hydrogen-bond donors (Lipinski definition) is 0. The average molecular weight is 264 g/mol. The first-order chi connectivity index (χ1) is 6.00. The van der Waals surface area contributed by atoms with Crippen LogP contribution in [0.4, 0.5) is 0 Å². The molecule has 0 unspecified atom stereocenters. The summed E-state index contributed by atoms with van der Waals surface area (Å²) >= 11 is 0. The van der Waals surface area contributed by atoms with Crippen molar-refractivity contribution >= 4 is 0 Å². The molecule has 0 aliphatic rings. The van der Waals surface area contributed by atoms with Crippen molar-refractivity contribution in [3.63, 3.8) is 0 Å². The van der Waals surface area contributed by atoms with Gasteiger partial charge in [-0.25, -0.2) is 0 Å². The minimum absolute atomic E-state index is 0. The molecule has 0 saturated carbocycles. The Morgan fingerprint density at radius 1 is 0.438 bits per heavy atom. The molecule has 16 heavy (non-hydrogen) atoms. The van der Waals surface area contributed by atoms with Crippen LogP contribution < -0.4 is 0 Å².